The molecule has 1 aliphatic heterocycles. The number of carbonyl (C=O) groups excluding carboxylic acids is 1. The van der Waals surface area contributed by atoms with E-state index in [-0.39, 0.29) is 17.7 Å². The van der Waals surface area contributed by atoms with Crippen LogP contribution in [0.15, 0.2) is 46.9 Å². The van der Waals surface area contributed by atoms with Gasteiger partial charge in [-0.3, -0.25) is 9.48 Å². The summed E-state index contributed by atoms with van der Waals surface area (Å²) in [5, 5.41) is 13.2. The lowest BCUT2D eigenvalue weighted by molar-refractivity contribution is -0.119. The normalized spacial score (nSPS) is 19.3. The lowest BCUT2D eigenvalue weighted by Crippen LogP contribution is -2.28. The Balaban J connectivity index is 1.45. The molecule has 1 aromatic carbocycles. The number of rotatable bonds is 5. The number of amides is 1. The van der Waals surface area contributed by atoms with E-state index in [0.29, 0.717) is 11.7 Å². The van der Waals surface area contributed by atoms with Gasteiger partial charge in [0.05, 0.1) is 17.8 Å². The summed E-state index contributed by atoms with van der Waals surface area (Å²) in [7, 11) is 1.89. The van der Waals surface area contributed by atoms with Crippen molar-refractivity contribution in [2.75, 3.05) is 24.7 Å². The molecule has 27 heavy (non-hydrogen) atoms. The van der Waals surface area contributed by atoms with E-state index in [0.717, 1.165) is 23.4 Å². The standard InChI is InChI=1S/C19H21N5OS2/c1-24-10-13(7-21-24)15-8-20-9-16(15)18(25)23-19-22-17(11-27-19)12-3-5-14(26-2)6-4-12/h3-7,10-11,15-16,20H,8-9H2,1-2H3,(H,22,23,25)/t15-,16+/m1/s1. The SMILES string of the molecule is CSc1ccc(-c2csc(NC(=O)[C@H]3CNC[C@@H]3c3cnn(C)c3)n2)cc1. The maximum atomic E-state index is 12.8. The predicted molar refractivity (Wildman–Crippen MR) is 110 cm³/mol. The van der Waals surface area contributed by atoms with Gasteiger partial charge in [0.15, 0.2) is 5.13 Å². The van der Waals surface area contributed by atoms with E-state index in [9.17, 15) is 4.79 Å². The second kappa shape index (κ2) is 7.84. The van der Waals surface area contributed by atoms with Gasteiger partial charge in [-0.25, -0.2) is 4.98 Å². The van der Waals surface area contributed by atoms with Crippen LogP contribution in [0.2, 0.25) is 0 Å². The molecule has 2 N–H and O–H groups in total. The second-order valence-electron chi connectivity index (χ2n) is 6.57. The molecular formula is C19H21N5OS2. The first-order chi connectivity index (χ1) is 13.1. The van der Waals surface area contributed by atoms with Gasteiger partial charge in [-0.05, 0) is 24.0 Å². The summed E-state index contributed by atoms with van der Waals surface area (Å²) >= 11 is 3.17. The third-order valence-electron chi connectivity index (χ3n) is 4.82. The Morgan fingerprint density at radius 2 is 2.15 bits per heavy atom. The van der Waals surface area contributed by atoms with Crippen molar-refractivity contribution in [1.29, 1.82) is 0 Å². The molecule has 0 radical (unpaired) electrons. The molecular weight excluding hydrogens is 378 g/mol. The van der Waals surface area contributed by atoms with E-state index in [1.807, 2.05) is 24.8 Å². The van der Waals surface area contributed by atoms with Crippen LogP contribution in [0.5, 0.6) is 0 Å². The summed E-state index contributed by atoms with van der Waals surface area (Å²) in [6.07, 6.45) is 5.89. The topological polar surface area (TPSA) is 71.8 Å². The van der Waals surface area contributed by atoms with Crippen LogP contribution in [0.4, 0.5) is 5.13 Å². The van der Waals surface area contributed by atoms with Gasteiger partial charge in [0.1, 0.15) is 0 Å². The molecule has 1 amide bonds. The van der Waals surface area contributed by atoms with Crippen LogP contribution in [-0.4, -0.2) is 40.0 Å². The summed E-state index contributed by atoms with van der Waals surface area (Å²) in [5.41, 5.74) is 3.04. The van der Waals surface area contributed by atoms with Crippen molar-refractivity contribution in [3.05, 3.63) is 47.6 Å². The Morgan fingerprint density at radius 3 is 2.85 bits per heavy atom. The zero-order valence-corrected chi connectivity index (χ0v) is 16.8. The second-order valence-corrected chi connectivity index (χ2v) is 8.31. The fourth-order valence-corrected chi connectivity index (χ4v) is 4.49. The minimum absolute atomic E-state index is 0.00693. The molecule has 8 heteroatoms. The number of nitrogens with zero attached hydrogens (tertiary/aromatic N) is 3. The number of anilines is 1. The molecule has 140 valence electrons. The third kappa shape index (κ3) is 3.92. The zero-order valence-electron chi connectivity index (χ0n) is 15.2. The third-order valence-corrected chi connectivity index (χ3v) is 6.33. The number of nitrogens with one attached hydrogen (secondary N) is 2. The molecule has 2 atom stereocenters. The van der Waals surface area contributed by atoms with Gasteiger partial charge in [0, 0.05) is 48.1 Å². The molecule has 0 unspecified atom stereocenters. The van der Waals surface area contributed by atoms with Gasteiger partial charge >= 0.3 is 0 Å². The van der Waals surface area contributed by atoms with Gasteiger partial charge in [-0.15, -0.1) is 23.1 Å². The molecule has 2 aromatic heterocycles. The molecule has 0 aliphatic carbocycles. The molecule has 4 rings (SSSR count). The number of benzene rings is 1. The van der Waals surface area contributed by atoms with Crippen LogP contribution in [0.25, 0.3) is 11.3 Å². The van der Waals surface area contributed by atoms with Crippen molar-refractivity contribution >= 4 is 34.1 Å². The number of thioether (sulfide) groups is 1. The monoisotopic (exact) mass is 399 g/mol. The Kier molecular flexibility index (Phi) is 5.29. The van der Waals surface area contributed by atoms with Gasteiger partial charge < -0.3 is 10.6 Å². The van der Waals surface area contributed by atoms with Crippen LogP contribution < -0.4 is 10.6 Å². The van der Waals surface area contributed by atoms with Gasteiger partial charge in [-0.2, -0.15) is 5.10 Å². The maximum Gasteiger partial charge on any atom is 0.231 e. The minimum Gasteiger partial charge on any atom is -0.315 e. The fourth-order valence-electron chi connectivity index (χ4n) is 3.36. The molecule has 3 aromatic rings. The smallest absolute Gasteiger partial charge is 0.231 e. The quantitative estimate of drug-likeness (QED) is 0.645. The fraction of sp³-hybridized carbons (Fsp3) is 0.316. The van der Waals surface area contributed by atoms with Crippen molar-refractivity contribution in [3.8, 4) is 11.3 Å². The number of aromatic nitrogens is 3. The number of carbonyl (C=O) groups is 1. The Hall–Kier alpha value is -2.16. The molecule has 0 bridgehead atoms. The summed E-state index contributed by atoms with van der Waals surface area (Å²) in [4.78, 5) is 18.6. The van der Waals surface area contributed by atoms with Crippen molar-refractivity contribution in [2.45, 2.75) is 10.8 Å². The largest absolute Gasteiger partial charge is 0.315 e. The van der Waals surface area contributed by atoms with E-state index < -0.39 is 0 Å². The molecule has 0 spiro atoms. The van der Waals surface area contributed by atoms with Crippen LogP contribution in [-0.2, 0) is 11.8 Å². The maximum absolute atomic E-state index is 12.8. The lowest BCUT2D eigenvalue weighted by Gasteiger charge is -2.15. The molecule has 1 saturated heterocycles. The van der Waals surface area contributed by atoms with Crippen molar-refractivity contribution < 1.29 is 4.79 Å². The average Bonchev–Trinajstić information content (AvgIpc) is 3.42. The Morgan fingerprint density at radius 1 is 1.33 bits per heavy atom. The van der Waals surface area contributed by atoms with Crippen LogP contribution >= 0.6 is 23.1 Å². The molecule has 1 aliphatic rings. The highest BCUT2D eigenvalue weighted by molar-refractivity contribution is 7.98. The van der Waals surface area contributed by atoms with E-state index in [2.05, 4.69) is 51.2 Å². The van der Waals surface area contributed by atoms with E-state index in [1.165, 1.54) is 16.2 Å². The molecule has 0 saturated carbocycles. The lowest BCUT2D eigenvalue weighted by atomic mass is 9.90. The first kappa shape index (κ1) is 18.2. The van der Waals surface area contributed by atoms with Crippen LogP contribution in [0.1, 0.15) is 11.5 Å². The zero-order chi connectivity index (χ0) is 18.8. The molecule has 3 heterocycles. The van der Waals surface area contributed by atoms with E-state index in [4.69, 9.17) is 0 Å². The van der Waals surface area contributed by atoms with E-state index >= 15 is 0 Å². The van der Waals surface area contributed by atoms with Crippen molar-refractivity contribution in [1.82, 2.24) is 20.1 Å². The van der Waals surface area contributed by atoms with Gasteiger partial charge in [-0.1, -0.05) is 12.1 Å². The number of hydrogen-bond acceptors (Lipinski definition) is 6. The van der Waals surface area contributed by atoms with Gasteiger partial charge in [0.25, 0.3) is 0 Å². The Labute approximate surface area is 166 Å². The average molecular weight is 400 g/mol. The van der Waals surface area contributed by atoms with Gasteiger partial charge in [0.2, 0.25) is 5.91 Å². The Bertz CT molecular complexity index is 934. The highest BCUT2D eigenvalue weighted by atomic mass is 32.2. The predicted octanol–water partition coefficient (Wildman–Crippen LogP) is 3.21. The number of hydrogen-bond donors (Lipinski definition) is 2. The summed E-state index contributed by atoms with van der Waals surface area (Å²) in [6, 6.07) is 8.29. The first-order valence-electron chi connectivity index (χ1n) is 8.74. The number of thiazole rings is 1. The highest BCUT2D eigenvalue weighted by Gasteiger charge is 2.35. The first-order valence-corrected chi connectivity index (χ1v) is 10.8. The highest BCUT2D eigenvalue weighted by Crippen LogP contribution is 2.31. The minimum atomic E-state index is -0.123. The summed E-state index contributed by atoms with van der Waals surface area (Å²) in [5.74, 6) is 0.0205. The van der Waals surface area contributed by atoms with Crippen molar-refractivity contribution in [2.24, 2.45) is 13.0 Å². The van der Waals surface area contributed by atoms with Crippen LogP contribution in [0, 0.1) is 5.92 Å². The van der Waals surface area contributed by atoms with E-state index in [1.54, 1.807) is 16.4 Å². The summed E-state index contributed by atoms with van der Waals surface area (Å²) < 4.78 is 1.78. The number of aryl methyl sites for hydroxylation is 1. The molecule has 6 nitrogen and oxygen atoms in total. The molecule has 1 fully saturated rings. The summed E-state index contributed by atoms with van der Waals surface area (Å²) in [6.45, 7) is 1.45. The van der Waals surface area contributed by atoms with Crippen molar-refractivity contribution in [3.63, 3.8) is 0 Å². The van der Waals surface area contributed by atoms with Crippen LogP contribution in [0.3, 0.4) is 0 Å².